The fraction of sp³-hybridized carbons (Fsp3) is 0.727. The molecule has 1 aromatic rings. The zero-order chi connectivity index (χ0) is 14.2. The molecule has 8 nitrogen and oxygen atoms in total. The second-order valence-corrected chi connectivity index (χ2v) is 7.47. The van der Waals surface area contributed by atoms with Crippen LogP contribution in [0, 0.1) is 0 Å². The second-order valence-electron chi connectivity index (χ2n) is 5.24. The van der Waals surface area contributed by atoms with Gasteiger partial charge in [0, 0.05) is 12.1 Å². The highest BCUT2D eigenvalue weighted by molar-refractivity contribution is 7.91. The Kier molecular flexibility index (Phi) is 3.47. The molecule has 20 heavy (non-hydrogen) atoms. The summed E-state index contributed by atoms with van der Waals surface area (Å²) < 4.78 is 27.6. The smallest absolute Gasteiger partial charge is 0.292 e. The predicted molar refractivity (Wildman–Crippen MR) is 68.7 cm³/mol. The molecule has 1 atom stereocenters. The molecule has 0 aromatic carbocycles. The first-order chi connectivity index (χ1) is 9.52. The summed E-state index contributed by atoms with van der Waals surface area (Å²) in [5.74, 6) is 0.327. The molecule has 1 aromatic heterocycles. The summed E-state index contributed by atoms with van der Waals surface area (Å²) in [5, 5.41) is 9.43. The number of amides is 1. The van der Waals surface area contributed by atoms with E-state index in [1.807, 2.05) is 0 Å². The van der Waals surface area contributed by atoms with Crippen LogP contribution in [0.1, 0.15) is 35.8 Å². The number of sulfone groups is 1. The van der Waals surface area contributed by atoms with Crippen molar-refractivity contribution in [3.8, 4) is 0 Å². The van der Waals surface area contributed by atoms with E-state index in [2.05, 4.69) is 20.8 Å². The van der Waals surface area contributed by atoms with Crippen LogP contribution in [-0.2, 0) is 16.4 Å². The molecular weight excluding hydrogens is 284 g/mol. The van der Waals surface area contributed by atoms with Gasteiger partial charge in [0.15, 0.2) is 9.84 Å². The number of hydrogen-bond donors (Lipinski definition) is 2. The number of carbonyl (C=O) groups is 1. The molecule has 1 saturated heterocycles. The van der Waals surface area contributed by atoms with E-state index in [0.29, 0.717) is 6.42 Å². The average Bonchev–Trinajstić information content (AvgIpc) is 2.95. The van der Waals surface area contributed by atoms with Gasteiger partial charge < -0.3 is 15.2 Å². The lowest BCUT2D eigenvalue weighted by Gasteiger charge is -2.07. The Labute approximate surface area is 116 Å². The highest BCUT2D eigenvalue weighted by Gasteiger charge is 2.28. The van der Waals surface area contributed by atoms with Gasteiger partial charge in [0.25, 0.3) is 11.7 Å². The summed E-state index contributed by atoms with van der Waals surface area (Å²) in [7, 11) is -2.91. The molecule has 2 fully saturated rings. The van der Waals surface area contributed by atoms with E-state index in [4.69, 9.17) is 4.52 Å². The number of nitrogens with one attached hydrogen (secondary N) is 2. The van der Waals surface area contributed by atoms with Crippen LogP contribution >= 0.6 is 0 Å². The lowest BCUT2D eigenvalue weighted by Crippen LogP contribution is -2.29. The van der Waals surface area contributed by atoms with E-state index in [-0.39, 0.29) is 47.8 Å². The number of rotatable bonds is 5. The molecule has 2 N–H and O–H groups in total. The number of hydrogen-bond acceptors (Lipinski definition) is 7. The van der Waals surface area contributed by atoms with Crippen LogP contribution in [0.15, 0.2) is 4.52 Å². The van der Waals surface area contributed by atoms with Gasteiger partial charge in [-0.3, -0.25) is 4.79 Å². The summed E-state index contributed by atoms with van der Waals surface area (Å²) in [6.45, 7) is 0.268. The predicted octanol–water partition coefficient (Wildman–Crippen LogP) is -0.761. The van der Waals surface area contributed by atoms with Crippen molar-refractivity contribution in [3.05, 3.63) is 11.7 Å². The van der Waals surface area contributed by atoms with E-state index in [1.54, 1.807) is 0 Å². The van der Waals surface area contributed by atoms with Crippen LogP contribution in [0.25, 0.3) is 0 Å². The maximum Gasteiger partial charge on any atom is 0.292 e. The maximum atomic E-state index is 11.7. The Hall–Kier alpha value is -1.48. The van der Waals surface area contributed by atoms with Gasteiger partial charge in [-0.1, -0.05) is 5.16 Å². The van der Waals surface area contributed by atoms with E-state index in [0.717, 1.165) is 12.8 Å². The Morgan fingerprint density at radius 1 is 1.30 bits per heavy atom. The van der Waals surface area contributed by atoms with E-state index >= 15 is 0 Å². The minimum absolute atomic E-state index is 0.0211. The van der Waals surface area contributed by atoms with Crippen LogP contribution < -0.4 is 10.6 Å². The van der Waals surface area contributed by atoms with Gasteiger partial charge in [-0.2, -0.15) is 4.98 Å². The number of aromatic nitrogens is 2. The first-order valence-corrected chi connectivity index (χ1v) is 8.41. The first-order valence-electron chi connectivity index (χ1n) is 6.59. The van der Waals surface area contributed by atoms with Crippen molar-refractivity contribution < 1.29 is 17.7 Å². The van der Waals surface area contributed by atoms with Crippen LogP contribution in [0.3, 0.4) is 0 Å². The van der Waals surface area contributed by atoms with Crippen molar-refractivity contribution >= 4 is 15.7 Å². The molecule has 0 spiro atoms. The average molecular weight is 300 g/mol. The molecule has 1 aliphatic carbocycles. The van der Waals surface area contributed by atoms with E-state index < -0.39 is 9.84 Å². The maximum absolute atomic E-state index is 11.7. The van der Waals surface area contributed by atoms with Gasteiger partial charge >= 0.3 is 0 Å². The Bertz CT molecular complexity index is 608. The zero-order valence-electron chi connectivity index (χ0n) is 10.8. The Balaban J connectivity index is 1.51. The summed E-state index contributed by atoms with van der Waals surface area (Å²) in [6.07, 6.45) is 2.58. The third-order valence-corrected chi connectivity index (χ3v) is 5.13. The minimum atomic E-state index is -2.91. The topological polar surface area (TPSA) is 114 Å². The molecule has 9 heteroatoms. The summed E-state index contributed by atoms with van der Waals surface area (Å²) >= 11 is 0. The molecule has 1 unspecified atom stereocenters. The molecular formula is C11H16N4O4S. The first kappa shape index (κ1) is 13.5. The fourth-order valence-corrected chi connectivity index (χ4v) is 3.79. The van der Waals surface area contributed by atoms with Crippen molar-refractivity contribution in [2.45, 2.75) is 37.9 Å². The summed E-state index contributed by atoms with van der Waals surface area (Å²) in [5.41, 5.74) is 0. The lowest BCUT2D eigenvalue weighted by atomic mass is 10.3. The molecule has 110 valence electrons. The van der Waals surface area contributed by atoms with Crippen molar-refractivity contribution in [1.82, 2.24) is 20.8 Å². The molecule has 3 rings (SSSR count). The SMILES string of the molecule is O=C(NC1CC1)c1noc(CNC2CCS(=O)(=O)C2)n1. The van der Waals surface area contributed by atoms with Crippen molar-refractivity contribution in [3.63, 3.8) is 0 Å². The quantitative estimate of drug-likeness (QED) is 0.734. The molecule has 0 bridgehead atoms. The lowest BCUT2D eigenvalue weighted by molar-refractivity contribution is 0.0937. The fourth-order valence-electron chi connectivity index (χ4n) is 2.08. The van der Waals surface area contributed by atoms with Crippen molar-refractivity contribution in [2.24, 2.45) is 0 Å². The molecule has 1 saturated carbocycles. The number of nitrogens with zero attached hydrogens (tertiary/aromatic N) is 2. The highest BCUT2D eigenvalue weighted by Crippen LogP contribution is 2.19. The summed E-state index contributed by atoms with van der Waals surface area (Å²) in [4.78, 5) is 15.6. The zero-order valence-corrected chi connectivity index (χ0v) is 11.6. The van der Waals surface area contributed by atoms with Crippen molar-refractivity contribution in [1.29, 1.82) is 0 Å². The van der Waals surface area contributed by atoms with Gasteiger partial charge in [0.2, 0.25) is 5.89 Å². The monoisotopic (exact) mass is 300 g/mol. The van der Waals surface area contributed by atoms with Gasteiger partial charge in [-0.15, -0.1) is 0 Å². The largest absolute Gasteiger partial charge is 0.346 e. The van der Waals surface area contributed by atoms with E-state index in [1.165, 1.54) is 0 Å². The van der Waals surface area contributed by atoms with Crippen molar-refractivity contribution in [2.75, 3.05) is 11.5 Å². The highest BCUT2D eigenvalue weighted by atomic mass is 32.2. The van der Waals surface area contributed by atoms with Crippen LogP contribution in [0.5, 0.6) is 0 Å². The van der Waals surface area contributed by atoms with Gasteiger partial charge in [0.1, 0.15) is 0 Å². The van der Waals surface area contributed by atoms with E-state index in [9.17, 15) is 13.2 Å². The van der Waals surface area contributed by atoms with Gasteiger partial charge in [-0.05, 0) is 19.3 Å². The van der Waals surface area contributed by atoms with Crippen LogP contribution in [-0.4, -0.2) is 48.1 Å². The Morgan fingerprint density at radius 3 is 2.75 bits per heavy atom. The van der Waals surface area contributed by atoms with Crippen LogP contribution in [0.4, 0.5) is 0 Å². The Morgan fingerprint density at radius 2 is 2.10 bits per heavy atom. The van der Waals surface area contributed by atoms with Crippen LogP contribution in [0.2, 0.25) is 0 Å². The molecule has 1 aliphatic heterocycles. The molecule has 2 heterocycles. The normalized spacial score (nSPS) is 24.7. The minimum Gasteiger partial charge on any atom is -0.346 e. The van der Waals surface area contributed by atoms with Gasteiger partial charge in [-0.25, -0.2) is 8.42 Å². The second kappa shape index (κ2) is 5.13. The third-order valence-electron chi connectivity index (χ3n) is 3.36. The standard InChI is InChI=1S/C11H16N4O4S/c16-11(13-7-1-2-7)10-14-9(19-15-10)5-12-8-3-4-20(17,18)6-8/h7-8,12H,1-6H2,(H,13,16). The van der Waals surface area contributed by atoms with Gasteiger partial charge in [0.05, 0.1) is 18.1 Å². The third kappa shape index (κ3) is 3.34. The molecule has 2 aliphatic rings. The molecule has 0 radical (unpaired) electrons. The number of carbonyl (C=O) groups excluding carboxylic acids is 1. The molecule has 1 amide bonds. The summed E-state index contributed by atoms with van der Waals surface area (Å²) in [6, 6.07) is 0.155.